The van der Waals surface area contributed by atoms with Gasteiger partial charge in [-0.3, -0.25) is 0 Å². The molecule has 1 N–H and O–H groups in total. The average Bonchev–Trinajstić information content (AvgIpc) is 2.99. The highest BCUT2D eigenvalue weighted by molar-refractivity contribution is 6.69. The number of carbonyl (C=O) groups is 1. The van der Waals surface area contributed by atoms with Gasteiger partial charge in [-0.15, -0.1) is 0 Å². The summed E-state index contributed by atoms with van der Waals surface area (Å²) in [7, 11) is -1.46. The van der Waals surface area contributed by atoms with Gasteiger partial charge in [0.25, 0.3) is 0 Å². The molecule has 0 fully saturated rings. The second-order valence-electron chi connectivity index (χ2n) is 10.1. The number of carboxylic acids is 1. The van der Waals surface area contributed by atoms with E-state index >= 15 is 0 Å². The van der Waals surface area contributed by atoms with Gasteiger partial charge in [0.2, 0.25) is 0 Å². The topological polar surface area (TPSA) is 157 Å². The van der Waals surface area contributed by atoms with E-state index in [1.165, 1.54) is 0 Å². The van der Waals surface area contributed by atoms with Gasteiger partial charge in [-0.25, -0.2) is 4.79 Å². The lowest BCUT2D eigenvalue weighted by Crippen LogP contribution is -2.27. The van der Waals surface area contributed by atoms with Gasteiger partial charge in [-0.1, -0.05) is 0 Å². The third kappa shape index (κ3) is 43.2. The first kappa shape index (κ1) is 44.2. The van der Waals surface area contributed by atoms with Gasteiger partial charge in [0.15, 0.2) is 8.32 Å². The summed E-state index contributed by atoms with van der Waals surface area (Å²) in [6.45, 7) is 17.9. The minimum absolute atomic E-state index is 0.241. The molecule has 0 spiro atoms. The van der Waals surface area contributed by atoms with E-state index in [0.717, 1.165) is 0 Å². The summed E-state index contributed by atoms with van der Waals surface area (Å²) < 4.78 is 70.3. The van der Waals surface area contributed by atoms with E-state index in [-0.39, 0.29) is 13.2 Å². The second kappa shape index (κ2) is 36.0. The van der Waals surface area contributed by atoms with Crippen LogP contribution in [0, 0.1) is 0 Å². The molecule has 0 saturated heterocycles. The Morgan fingerprint density at radius 1 is 0.356 bits per heavy atom. The highest BCUT2D eigenvalue weighted by Crippen LogP contribution is 2.01. The van der Waals surface area contributed by atoms with Gasteiger partial charge in [0, 0.05) is 0 Å². The van der Waals surface area contributed by atoms with Crippen molar-refractivity contribution < 1.29 is 71.2 Å². The van der Waals surface area contributed by atoms with Crippen molar-refractivity contribution >= 4 is 14.3 Å². The van der Waals surface area contributed by atoms with Crippen LogP contribution in [0.3, 0.4) is 0 Å². The Morgan fingerprint density at radius 3 is 0.711 bits per heavy atom. The molecule has 16 heteroatoms. The van der Waals surface area contributed by atoms with E-state index in [2.05, 4.69) is 19.6 Å². The van der Waals surface area contributed by atoms with E-state index in [1.807, 2.05) is 0 Å². The summed E-state index contributed by atoms with van der Waals surface area (Å²) in [5, 5.41) is 8.42. The number of ether oxygens (including phenoxy) is 12. The molecule has 45 heavy (non-hydrogen) atoms. The van der Waals surface area contributed by atoms with E-state index < -0.39 is 14.3 Å². The molecule has 15 nitrogen and oxygen atoms in total. The van der Waals surface area contributed by atoms with Crippen molar-refractivity contribution in [2.24, 2.45) is 0 Å². The van der Waals surface area contributed by atoms with E-state index in [4.69, 9.17) is 66.4 Å². The molecule has 0 aromatic carbocycles. The number of hydrogen-bond donors (Lipinski definition) is 1. The SMILES string of the molecule is C[Si](C)(C)OCCOCCOCCOCCOCCOCCOCCOCCOCCOCCOCCOCCOCC(=O)O. The van der Waals surface area contributed by atoms with E-state index in [1.54, 1.807) is 0 Å². The van der Waals surface area contributed by atoms with Crippen molar-refractivity contribution in [3.05, 3.63) is 0 Å². The molecule has 0 aromatic heterocycles. The molecule has 0 aromatic rings. The van der Waals surface area contributed by atoms with Crippen molar-refractivity contribution in [2.45, 2.75) is 19.6 Å². The quantitative estimate of drug-likeness (QED) is 0.0729. The normalized spacial score (nSPS) is 11.9. The van der Waals surface area contributed by atoms with E-state index in [0.29, 0.717) is 152 Å². The van der Waals surface area contributed by atoms with Gasteiger partial charge in [-0.05, 0) is 19.6 Å². The first-order valence-corrected chi connectivity index (χ1v) is 19.1. The predicted molar refractivity (Wildman–Crippen MR) is 167 cm³/mol. The number of rotatable bonds is 39. The number of aliphatic carboxylic acids is 1. The van der Waals surface area contributed by atoms with Crippen LogP contribution in [0.2, 0.25) is 19.6 Å². The standard InChI is InChI=1S/C29H60O15Si/c1-45(2,3)44-27-26-42-23-22-40-19-18-38-15-14-36-11-10-34-7-6-32-4-5-33-8-9-35-12-13-37-16-17-39-20-21-41-24-25-43-28-29(30)31/h4-28H2,1-3H3,(H,30,31). The lowest BCUT2D eigenvalue weighted by molar-refractivity contribution is -0.142. The van der Waals surface area contributed by atoms with Crippen molar-refractivity contribution in [2.75, 3.05) is 165 Å². The Balaban J connectivity index is 3.06. The van der Waals surface area contributed by atoms with Crippen molar-refractivity contribution in [3.8, 4) is 0 Å². The number of carboxylic acid groups (broad SMARTS) is 1. The van der Waals surface area contributed by atoms with Crippen LogP contribution in [0.4, 0.5) is 0 Å². The fourth-order valence-corrected chi connectivity index (χ4v) is 3.68. The molecular weight excluding hydrogens is 616 g/mol. The first-order chi connectivity index (χ1) is 21.9. The van der Waals surface area contributed by atoms with Crippen molar-refractivity contribution in [1.29, 1.82) is 0 Å². The molecule has 0 aliphatic heterocycles. The Bertz CT molecular complexity index is 599. The van der Waals surface area contributed by atoms with Crippen LogP contribution in [0.1, 0.15) is 0 Å². The van der Waals surface area contributed by atoms with Gasteiger partial charge in [0.1, 0.15) is 6.61 Å². The summed E-state index contributed by atoms with van der Waals surface area (Å²) in [5.74, 6) is -0.996. The summed E-state index contributed by atoms with van der Waals surface area (Å²) >= 11 is 0. The Kier molecular flexibility index (Phi) is 35.3. The van der Waals surface area contributed by atoms with Crippen LogP contribution in [0.5, 0.6) is 0 Å². The van der Waals surface area contributed by atoms with Crippen molar-refractivity contribution in [1.82, 2.24) is 0 Å². The lowest BCUT2D eigenvalue weighted by Gasteiger charge is -2.16. The molecule has 0 unspecified atom stereocenters. The predicted octanol–water partition coefficient (Wildman–Crippen LogP) is 1.12. The van der Waals surface area contributed by atoms with Gasteiger partial charge < -0.3 is 66.4 Å². The van der Waals surface area contributed by atoms with E-state index in [9.17, 15) is 4.79 Å². The largest absolute Gasteiger partial charge is 0.480 e. The molecule has 0 bridgehead atoms. The monoisotopic (exact) mass is 676 g/mol. The maximum Gasteiger partial charge on any atom is 0.329 e. The lowest BCUT2D eigenvalue weighted by atomic mass is 10.6. The van der Waals surface area contributed by atoms with Crippen LogP contribution in [-0.4, -0.2) is 185 Å². The Labute approximate surface area is 270 Å². The first-order valence-electron chi connectivity index (χ1n) is 15.7. The van der Waals surface area contributed by atoms with Gasteiger partial charge in [-0.2, -0.15) is 0 Å². The smallest absolute Gasteiger partial charge is 0.329 e. The summed E-state index contributed by atoms with van der Waals surface area (Å²) in [6.07, 6.45) is 0. The zero-order valence-electron chi connectivity index (χ0n) is 27.8. The number of hydrogen-bond acceptors (Lipinski definition) is 14. The molecular formula is C29H60O15Si. The molecule has 0 radical (unpaired) electrons. The van der Waals surface area contributed by atoms with Crippen LogP contribution >= 0.6 is 0 Å². The summed E-state index contributed by atoms with van der Waals surface area (Å²) in [5.41, 5.74) is 0. The van der Waals surface area contributed by atoms with Crippen LogP contribution in [-0.2, 0) is 66.1 Å². The molecule has 0 heterocycles. The highest BCUT2D eigenvalue weighted by atomic mass is 28.4. The fraction of sp³-hybridized carbons (Fsp3) is 0.966. The fourth-order valence-electron chi connectivity index (χ4n) is 2.99. The van der Waals surface area contributed by atoms with Crippen LogP contribution in [0.25, 0.3) is 0 Å². The molecule has 0 saturated carbocycles. The van der Waals surface area contributed by atoms with Gasteiger partial charge in [0.05, 0.1) is 159 Å². The van der Waals surface area contributed by atoms with Crippen molar-refractivity contribution in [3.63, 3.8) is 0 Å². The summed E-state index contributed by atoms with van der Waals surface area (Å²) in [6, 6.07) is 0. The average molecular weight is 677 g/mol. The Hall–Kier alpha value is -0.833. The van der Waals surface area contributed by atoms with Crippen LogP contribution < -0.4 is 0 Å². The van der Waals surface area contributed by atoms with Gasteiger partial charge >= 0.3 is 5.97 Å². The maximum absolute atomic E-state index is 10.3. The maximum atomic E-state index is 10.3. The molecule has 0 amide bonds. The molecule has 270 valence electrons. The second-order valence-corrected chi connectivity index (χ2v) is 14.7. The molecule has 0 aliphatic carbocycles. The third-order valence-electron chi connectivity index (χ3n) is 5.08. The Morgan fingerprint density at radius 2 is 0.533 bits per heavy atom. The minimum atomic E-state index is -1.46. The molecule has 0 aliphatic rings. The molecule has 0 rings (SSSR count). The zero-order chi connectivity index (χ0) is 32.9. The van der Waals surface area contributed by atoms with Crippen LogP contribution in [0.15, 0.2) is 0 Å². The minimum Gasteiger partial charge on any atom is -0.480 e. The highest BCUT2D eigenvalue weighted by Gasteiger charge is 2.13. The third-order valence-corrected chi connectivity index (χ3v) is 6.15. The zero-order valence-corrected chi connectivity index (χ0v) is 28.8. The summed E-state index contributed by atoms with van der Waals surface area (Å²) in [4.78, 5) is 10.3. The molecule has 0 atom stereocenters.